The Hall–Kier alpha value is -2.72. The van der Waals surface area contributed by atoms with Crippen molar-refractivity contribution in [3.63, 3.8) is 0 Å². The second-order valence-electron chi connectivity index (χ2n) is 8.44. The molecule has 30 heavy (non-hydrogen) atoms. The van der Waals surface area contributed by atoms with Crippen molar-refractivity contribution >= 4 is 33.4 Å². The Morgan fingerprint density at radius 2 is 1.40 bits per heavy atom. The van der Waals surface area contributed by atoms with Gasteiger partial charge in [-0.05, 0) is 56.7 Å². The van der Waals surface area contributed by atoms with Crippen LogP contribution in [0.3, 0.4) is 0 Å². The van der Waals surface area contributed by atoms with E-state index in [9.17, 15) is 9.59 Å². The van der Waals surface area contributed by atoms with E-state index in [1.165, 1.54) is 27.2 Å². The van der Waals surface area contributed by atoms with Crippen LogP contribution in [-0.2, 0) is 15.0 Å². The summed E-state index contributed by atoms with van der Waals surface area (Å²) in [6.45, 7) is 2.15. The maximum atomic E-state index is 14.0. The number of anilines is 1. The van der Waals surface area contributed by atoms with Crippen LogP contribution >= 0.6 is 15.9 Å². The Kier molecular flexibility index (Phi) is 3.70. The minimum absolute atomic E-state index is 0.0762. The number of hydrogen-bond acceptors (Lipinski definition) is 2. The molecule has 1 aliphatic heterocycles. The van der Waals surface area contributed by atoms with Crippen molar-refractivity contribution in [2.45, 2.75) is 24.7 Å². The highest BCUT2D eigenvalue weighted by molar-refractivity contribution is 9.10. The number of halogens is 1. The van der Waals surface area contributed by atoms with E-state index in [0.29, 0.717) is 5.69 Å². The Bertz CT molecular complexity index is 1190. The van der Waals surface area contributed by atoms with Gasteiger partial charge < -0.3 is 0 Å². The molecule has 4 heteroatoms. The van der Waals surface area contributed by atoms with Crippen LogP contribution in [0, 0.1) is 11.8 Å². The highest BCUT2D eigenvalue weighted by Crippen LogP contribution is 2.65. The number of nitrogens with zero attached hydrogens (tertiary/aromatic N) is 1. The average molecular weight is 458 g/mol. The van der Waals surface area contributed by atoms with Crippen molar-refractivity contribution in [3.8, 4) is 0 Å². The largest absolute Gasteiger partial charge is 0.274 e. The first-order valence-corrected chi connectivity index (χ1v) is 11.2. The molecule has 148 valence electrons. The summed E-state index contributed by atoms with van der Waals surface area (Å²) >= 11 is 3.55. The molecule has 0 aromatic heterocycles. The van der Waals surface area contributed by atoms with Crippen LogP contribution in [0.25, 0.3) is 0 Å². The molecule has 3 aromatic carbocycles. The summed E-state index contributed by atoms with van der Waals surface area (Å²) in [6, 6.07) is 24.3. The molecule has 3 aliphatic carbocycles. The van der Waals surface area contributed by atoms with Crippen LogP contribution in [0.2, 0.25) is 0 Å². The molecule has 2 bridgehead atoms. The van der Waals surface area contributed by atoms with Crippen molar-refractivity contribution in [1.82, 2.24) is 0 Å². The van der Waals surface area contributed by atoms with Gasteiger partial charge in [0.15, 0.2) is 0 Å². The van der Waals surface area contributed by atoms with Gasteiger partial charge in [0, 0.05) is 15.8 Å². The summed E-state index contributed by atoms with van der Waals surface area (Å²) in [6.07, 6.45) is 0.776. The average Bonchev–Trinajstić information content (AvgIpc) is 3.05. The molecule has 2 amide bonds. The molecule has 0 spiro atoms. The highest BCUT2D eigenvalue weighted by Gasteiger charge is 2.67. The number of hydrogen-bond donors (Lipinski definition) is 0. The second kappa shape index (κ2) is 6.14. The summed E-state index contributed by atoms with van der Waals surface area (Å²) < 4.78 is 0.762. The molecule has 1 fully saturated rings. The van der Waals surface area contributed by atoms with E-state index in [2.05, 4.69) is 59.3 Å². The van der Waals surface area contributed by atoms with Crippen molar-refractivity contribution in [1.29, 1.82) is 0 Å². The minimum Gasteiger partial charge on any atom is -0.274 e. The van der Waals surface area contributed by atoms with E-state index < -0.39 is 5.41 Å². The predicted octanol–water partition coefficient (Wildman–Crippen LogP) is 5.41. The topological polar surface area (TPSA) is 37.4 Å². The van der Waals surface area contributed by atoms with Gasteiger partial charge in [0.1, 0.15) is 0 Å². The number of rotatable bonds is 2. The zero-order valence-corrected chi connectivity index (χ0v) is 18.1. The Morgan fingerprint density at radius 3 is 2.00 bits per heavy atom. The van der Waals surface area contributed by atoms with Gasteiger partial charge in [0.25, 0.3) is 0 Å². The molecule has 0 unspecified atom stereocenters. The number of amides is 2. The van der Waals surface area contributed by atoms with Gasteiger partial charge in [0.2, 0.25) is 11.8 Å². The molecule has 0 saturated carbocycles. The number of carbonyl (C=O) groups excluding carboxylic acids is 2. The molecule has 0 N–H and O–H groups in total. The maximum Gasteiger partial charge on any atom is 0.239 e. The molecule has 3 aromatic rings. The SMILES string of the molecule is CCC12c3ccccc3C(c3ccccc31)[C@@H]1C(=O)N(c3ccccc3Br)C(=O)[C@@H]12. The normalized spacial score (nSPS) is 28.3. The zero-order valence-electron chi connectivity index (χ0n) is 16.5. The van der Waals surface area contributed by atoms with E-state index in [1.807, 2.05) is 36.4 Å². The molecule has 2 atom stereocenters. The minimum atomic E-state index is -0.477. The summed E-state index contributed by atoms with van der Waals surface area (Å²) in [7, 11) is 0. The van der Waals surface area contributed by atoms with E-state index in [0.717, 1.165) is 10.9 Å². The fourth-order valence-corrected chi connectivity index (χ4v) is 6.86. The first kappa shape index (κ1) is 18.1. The summed E-state index contributed by atoms with van der Waals surface area (Å²) in [4.78, 5) is 29.3. The van der Waals surface area contributed by atoms with Crippen LogP contribution in [0.1, 0.15) is 41.5 Å². The van der Waals surface area contributed by atoms with Gasteiger partial charge in [-0.3, -0.25) is 9.59 Å². The number of para-hydroxylation sites is 1. The zero-order chi connectivity index (χ0) is 20.6. The molecular weight excluding hydrogens is 438 g/mol. The van der Waals surface area contributed by atoms with Crippen LogP contribution in [0.15, 0.2) is 77.3 Å². The van der Waals surface area contributed by atoms with Gasteiger partial charge in [-0.2, -0.15) is 0 Å². The monoisotopic (exact) mass is 457 g/mol. The first-order valence-electron chi connectivity index (χ1n) is 10.4. The second-order valence-corrected chi connectivity index (χ2v) is 9.30. The number of benzene rings is 3. The molecular formula is C26H20BrNO2. The van der Waals surface area contributed by atoms with Gasteiger partial charge >= 0.3 is 0 Å². The van der Waals surface area contributed by atoms with Crippen molar-refractivity contribution in [2.24, 2.45) is 11.8 Å². The van der Waals surface area contributed by atoms with Crippen molar-refractivity contribution < 1.29 is 9.59 Å². The third kappa shape index (κ3) is 1.96. The third-order valence-corrected chi connectivity index (χ3v) is 8.12. The molecule has 3 nitrogen and oxygen atoms in total. The maximum absolute atomic E-state index is 14.0. The predicted molar refractivity (Wildman–Crippen MR) is 119 cm³/mol. The fourth-order valence-electron chi connectivity index (χ4n) is 6.40. The van der Waals surface area contributed by atoms with E-state index in [1.54, 1.807) is 0 Å². The molecule has 7 rings (SSSR count). The number of imide groups is 1. The van der Waals surface area contributed by atoms with E-state index in [-0.39, 0.29) is 29.6 Å². The van der Waals surface area contributed by atoms with Gasteiger partial charge in [-0.25, -0.2) is 4.90 Å². The molecule has 1 saturated heterocycles. The number of carbonyl (C=O) groups is 2. The Morgan fingerprint density at radius 1 is 0.833 bits per heavy atom. The van der Waals surface area contributed by atoms with E-state index >= 15 is 0 Å². The van der Waals surface area contributed by atoms with Gasteiger partial charge in [-0.1, -0.05) is 67.6 Å². The fraction of sp³-hybridized carbons (Fsp3) is 0.231. The first-order chi connectivity index (χ1) is 14.6. The standard InChI is InChI=1S/C26H20BrNO2/c1-2-26-17-11-5-3-9-15(17)21(16-10-4-6-12-18(16)26)22-23(26)25(30)28(24(22)29)20-14-8-7-13-19(20)27/h3-14,21-23H,2H2,1H3/t21?,22-,23+,26?/m0/s1. The van der Waals surface area contributed by atoms with Crippen LogP contribution in [-0.4, -0.2) is 11.8 Å². The van der Waals surface area contributed by atoms with Gasteiger partial charge in [0.05, 0.1) is 17.5 Å². The summed E-state index contributed by atoms with van der Waals surface area (Å²) in [5.74, 6) is -0.984. The molecule has 4 aliphatic rings. The third-order valence-electron chi connectivity index (χ3n) is 7.45. The van der Waals surface area contributed by atoms with E-state index in [4.69, 9.17) is 0 Å². The Balaban J connectivity index is 1.66. The lowest BCUT2D eigenvalue weighted by molar-refractivity contribution is -0.123. The van der Waals surface area contributed by atoms with Gasteiger partial charge in [-0.15, -0.1) is 0 Å². The quantitative estimate of drug-likeness (QED) is 0.482. The lowest BCUT2D eigenvalue weighted by Crippen LogP contribution is -2.53. The summed E-state index contributed by atoms with van der Waals surface area (Å²) in [5.41, 5.74) is 5.00. The molecule has 1 heterocycles. The van der Waals surface area contributed by atoms with Crippen LogP contribution in [0.5, 0.6) is 0 Å². The van der Waals surface area contributed by atoms with Crippen LogP contribution < -0.4 is 4.90 Å². The van der Waals surface area contributed by atoms with Crippen molar-refractivity contribution in [3.05, 3.63) is 99.5 Å². The smallest absolute Gasteiger partial charge is 0.239 e. The van der Waals surface area contributed by atoms with Crippen molar-refractivity contribution in [2.75, 3.05) is 4.90 Å². The lowest BCUT2D eigenvalue weighted by atomic mass is 9.46. The highest BCUT2D eigenvalue weighted by atomic mass is 79.9. The summed E-state index contributed by atoms with van der Waals surface area (Å²) in [5, 5.41) is 0. The van der Waals surface area contributed by atoms with Crippen LogP contribution in [0.4, 0.5) is 5.69 Å². The lowest BCUT2D eigenvalue weighted by Gasteiger charge is -2.54. The Labute approximate surface area is 183 Å². The molecule has 0 radical (unpaired) electrons.